The van der Waals surface area contributed by atoms with E-state index >= 15 is 35.1 Å². The Bertz CT molecular complexity index is 2950. The Kier molecular flexibility index (Phi) is 9.81. The highest BCUT2D eigenvalue weighted by atomic mass is 32.2. The van der Waals surface area contributed by atoms with Gasteiger partial charge in [0.2, 0.25) is 34.8 Å². The molecular weight excluding hydrogens is 841 g/mol. The zero-order valence-corrected chi connectivity index (χ0v) is 29.4. The van der Waals surface area contributed by atoms with Crippen LogP contribution in [0.3, 0.4) is 0 Å². The first kappa shape index (κ1) is 39.6. The minimum Gasteiger partial charge on any atom is -0.450 e. The van der Waals surface area contributed by atoms with Gasteiger partial charge in [-0.25, -0.2) is 17.6 Å². The largest absolute Gasteiger partial charge is 0.450 e. The Hall–Kier alpha value is -5.04. The quantitative estimate of drug-likeness (QED) is 0.0500. The van der Waals surface area contributed by atoms with E-state index in [9.17, 15) is 38.9 Å². The molecule has 6 aromatic rings. The third kappa shape index (κ3) is 7.14. The normalized spacial score (nSPS) is 12.4. The average molecular weight is 855 g/mol. The Morgan fingerprint density at radius 1 is 0.436 bits per heavy atom. The first-order chi connectivity index (χ1) is 25.4. The van der Waals surface area contributed by atoms with Crippen molar-refractivity contribution in [2.75, 3.05) is 0 Å². The summed E-state index contributed by atoms with van der Waals surface area (Å²) < 4.78 is 233. The van der Waals surface area contributed by atoms with Crippen LogP contribution >= 0.6 is 12.6 Å². The molecule has 0 aliphatic rings. The van der Waals surface area contributed by atoms with Gasteiger partial charge in [0, 0.05) is 27.8 Å². The minimum atomic E-state index is -5.23. The molecule has 0 radical (unpaired) electrons. The second-order valence-electron chi connectivity index (χ2n) is 11.2. The molecule has 0 amide bonds. The number of hydrogen-bond donors (Lipinski definition) is 4. The van der Waals surface area contributed by atoms with E-state index in [1.807, 2.05) is 0 Å². The molecule has 11 nitrogen and oxygen atoms in total. The van der Waals surface area contributed by atoms with Crippen molar-refractivity contribution in [1.82, 2.24) is 0 Å². The van der Waals surface area contributed by atoms with Crippen molar-refractivity contribution in [3.8, 4) is 34.1 Å². The van der Waals surface area contributed by atoms with Crippen molar-refractivity contribution in [3.05, 3.63) is 107 Å². The summed E-state index contributed by atoms with van der Waals surface area (Å²) in [6, 6.07) is 8.06. The molecule has 0 atom stereocenters. The van der Waals surface area contributed by atoms with Crippen LogP contribution in [0.4, 0.5) is 35.1 Å². The number of fused-ring (bicyclic) bond motifs is 2. The number of rotatable bonds is 8. The second-order valence-corrected chi connectivity index (χ2v) is 16.0. The van der Waals surface area contributed by atoms with Crippen LogP contribution < -0.4 is 9.47 Å². The van der Waals surface area contributed by atoms with Crippen molar-refractivity contribution in [3.63, 3.8) is 0 Å². The fraction of sp³-hybridized carbons (Fsp3) is 0. The molecule has 0 aliphatic heterocycles. The first-order valence-corrected chi connectivity index (χ1v) is 19.0. The van der Waals surface area contributed by atoms with Gasteiger partial charge in [0.05, 0.1) is 25.8 Å². The summed E-state index contributed by atoms with van der Waals surface area (Å²) in [6.07, 6.45) is 0. The minimum absolute atomic E-state index is 0.0889. The predicted octanol–water partition coefficient (Wildman–Crippen LogP) is 8.39. The molecule has 0 aliphatic carbocycles. The highest BCUT2D eigenvalue weighted by molar-refractivity contribution is 7.86. The molecule has 0 saturated heterocycles. The third-order valence-corrected chi connectivity index (χ3v) is 10.5. The molecule has 0 fully saturated rings. The lowest BCUT2D eigenvalue weighted by atomic mass is 10.0. The zero-order valence-electron chi connectivity index (χ0n) is 26.1. The van der Waals surface area contributed by atoms with E-state index in [1.54, 1.807) is 0 Å². The lowest BCUT2D eigenvalue weighted by molar-refractivity contribution is 0.362. The predicted molar refractivity (Wildman–Crippen MR) is 176 cm³/mol. The standard InChI is InChI=1S/C32H14F8O11S4/c33-23-21(24(34)28(38)31(27(23)37)50-19-9-15(54(44,45)46)7-11-5-13(52)1-3-17(11)19)22-25(35)29(39)32(30(40)26(22)36)51-20-10-16(55(47,48)49)8-12-6-14(53(41,42)43)2-4-18(12)20/h1-10,52H,(H,41,42,43)(H,44,45,46)(H,47,48,49). The van der Waals surface area contributed by atoms with Gasteiger partial charge in [-0.2, -0.15) is 42.8 Å². The molecule has 288 valence electrons. The third-order valence-electron chi connectivity index (χ3n) is 7.75. The lowest BCUT2D eigenvalue weighted by Gasteiger charge is -2.17. The number of hydrogen-bond acceptors (Lipinski definition) is 9. The van der Waals surface area contributed by atoms with E-state index in [-0.39, 0.29) is 15.7 Å². The van der Waals surface area contributed by atoms with Gasteiger partial charge in [-0.05, 0) is 59.3 Å². The van der Waals surface area contributed by atoms with Gasteiger partial charge in [-0.1, -0.05) is 0 Å². The van der Waals surface area contributed by atoms with Gasteiger partial charge < -0.3 is 9.47 Å². The topological polar surface area (TPSA) is 182 Å². The van der Waals surface area contributed by atoms with Crippen molar-refractivity contribution in [2.45, 2.75) is 19.6 Å². The van der Waals surface area contributed by atoms with Crippen molar-refractivity contribution >= 4 is 64.5 Å². The van der Waals surface area contributed by atoms with Gasteiger partial charge in [0.25, 0.3) is 30.4 Å². The molecule has 0 saturated carbocycles. The average Bonchev–Trinajstić information content (AvgIpc) is 3.09. The smallest absolute Gasteiger partial charge is 0.294 e. The Balaban J connectivity index is 1.50. The van der Waals surface area contributed by atoms with E-state index in [1.165, 1.54) is 12.1 Å². The van der Waals surface area contributed by atoms with E-state index in [0.717, 1.165) is 18.2 Å². The van der Waals surface area contributed by atoms with Crippen LogP contribution in [-0.4, -0.2) is 38.9 Å². The molecule has 6 rings (SSSR count). The van der Waals surface area contributed by atoms with Crippen molar-refractivity contribution in [1.29, 1.82) is 0 Å². The fourth-order valence-corrected chi connectivity index (χ4v) is 7.06. The summed E-state index contributed by atoms with van der Waals surface area (Å²) in [5.41, 5.74) is -4.72. The van der Waals surface area contributed by atoms with Gasteiger partial charge >= 0.3 is 0 Å². The number of thiol groups is 1. The van der Waals surface area contributed by atoms with Gasteiger partial charge in [-0.3, -0.25) is 13.7 Å². The van der Waals surface area contributed by atoms with Crippen molar-refractivity contribution in [2.24, 2.45) is 0 Å². The lowest BCUT2D eigenvalue weighted by Crippen LogP contribution is -2.09. The van der Waals surface area contributed by atoms with E-state index in [0.29, 0.717) is 30.3 Å². The van der Waals surface area contributed by atoms with Gasteiger partial charge in [0.1, 0.15) is 11.5 Å². The molecule has 0 bridgehead atoms. The number of benzene rings is 6. The molecule has 0 heterocycles. The van der Waals surface area contributed by atoms with E-state index in [2.05, 4.69) is 12.6 Å². The highest BCUT2D eigenvalue weighted by Gasteiger charge is 2.36. The second kappa shape index (κ2) is 13.6. The molecule has 0 spiro atoms. The van der Waals surface area contributed by atoms with Crippen LogP contribution in [0.15, 0.2) is 80.2 Å². The summed E-state index contributed by atoms with van der Waals surface area (Å²) in [5, 5.41) is -1.23. The molecule has 55 heavy (non-hydrogen) atoms. The summed E-state index contributed by atoms with van der Waals surface area (Å²) in [5.74, 6) is -27.1. The SMILES string of the molecule is O=S(=O)(O)c1cc(Oc2c(F)c(F)c(-c3c(F)c(F)c(Oc4cc(S(=O)(=O)O)cc5cc(S(=O)(=O)O)ccc45)c(F)c3F)c(F)c2F)c2ccc(S)cc2c1. The van der Waals surface area contributed by atoms with Crippen molar-refractivity contribution < 1.29 is 83.5 Å². The Morgan fingerprint density at radius 2 is 0.764 bits per heavy atom. The number of halogens is 8. The zero-order chi connectivity index (χ0) is 40.7. The molecule has 0 unspecified atom stereocenters. The van der Waals surface area contributed by atoms with Gasteiger partial charge in [0.15, 0.2) is 23.3 Å². The summed E-state index contributed by atoms with van der Waals surface area (Å²) >= 11 is 4.06. The van der Waals surface area contributed by atoms with Crippen LogP contribution in [0, 0.1) is 46.5 Å². The Labute approximate surface area is 308 Å². The van der Waals surface area contributed by atoms with Crippen LogP contribution in [0.25, 0.3) is 32.7 Å². The molecule has 3 N–H and O–H groups in total. The Morgan fingerprint density at radius 3 is 1.13 bits per heavy atom. The van der Waals surface area contributed by atoms with Crippen LogP contribution in [-0.2, 0) is 30.4 Å². The summed E-state index contributed by atoms with van der Waals surface area (Å²) in [6.45, 7) is 0. The molecular formula is C32H14F8O11S4. The number of ether oxygens (including phenoxy) is 2. The maximum Gasteiger partial charge on any atom is 0.294 e. The van der Waals surface area contributed by atoms with Crippen LogP contribution in [0.1, 0.15) is 0 Å². The molecule has 23 heteroatoms. The van der Waals surface area contributed by atoms with E-state index in [4.69, 9.17) is 9.47 Å². The van der Waals surface area contributed by atoms with E-state index < -0.39 is 136 Å². The van der Waals surface area contributed by atoms with Crippen LogP contribution in [0.5, 0.6) is 23.0 Å². The highest BCUT2D eigenvalue weighted by Crippen LogP contribution is 2.45. The monoisotopic (exact) mass is 854 g/mol. The maximum atomic E-state index is 15.5. The first-order valence-electron chi connectivity index (χ1n) is 14.2. The summed E-state index contributed by atoms with van der Waals surface area (Å²) in [7, 11) is -15.2. The maximum absolute atomic E-state index is 15.5. The van der Waals surface area contributed by atoms with Crippen LogP contribution in [0.2, 0.25) is 0 Å². The molecule has 0 aromatic heterocycles. The fourth-order valence-electron chi connectivity index (χ4n) is 5.27. The summed E-state index contributed by atoms with van der Waals surface area (Å²) in [4.78, 5) is -2.71. The molecule has 6 aromatic carbocycles. The van der Waals surface area contributed by atoms with Gasteiger partial charge in [-0.15, -0.1) is 12.6 Å².